The molecule has 0 saturated heterocycles. The molecule has 1 aromatic rings. The van der Waals surface area contributed by atoms with Crippen LogP contribution in [0, 0.1) is 15.9 Å². The van der Waals surface area contributed by atoms with Crippen molar-refractivity contribution in [1.29, 1.82) is 0 Å². The Morgan fingerprint density at radius 2 is 2.25 bits per heavy atom. The summed E-state index contributed by atoms with van der Waals surface area (Å²) >= 11 is 0. The molecule has 0 aromatic heterocycles. The minimum Gasteiger partial charge on any atom is -0.490 e. The molecule has 0 amide bonds. The van der Waals surface area contributed by atoms with E-state index in [4.69, 9.17) is 4.74 Å². The number of aryl methyl sites for hydroxylation is 1. The highest BCUT2D eigenvalue weighted by molar-refractivity contribution is 5.46. The maximum Gasteiger partial charge on any atom is 0.308 e. The van der Waals surface area contributed by atoms with Crippen LogP contribution in [-0.4, -0.2) is 11.0 Å². The van der Waals surface area contributed by atoms with Gasteiger partial charge in [-0.3, -0.25) is 10.1 Å². The van der Waals surface area contributed by atoms with Crippen LogP contribution in [0.2, 0.25) is 0 Å². The quantitative estimate of drug-likeness (QED) is 0.584. The van der Waals surface area contributed by atoms with Gasteiger partial charge >= 0.3 is 5.69 Å². The number of rotatable bonds is 4. The zero-order valence-electron chi connectivity index (χ0n) is 8.90. The monoisotopic (exact) mass is 225 g/mol. The SMILES string of the molecule is CCc1cc(OC2CC2)cc(F)c1[N+](=O)[O-]. The van der Waals surface area contributed by atoms with E-state index in [1.54, 1.807) is 13.0 Å². The molecule has 1 aromatic carbocycles. The van der Waals surface area contributed by atoms with Crippen LogP contribution in [0.4, 0.5) is 10.1 Å². The van der Waals surface area contributed by atoms with Gasteiger partial charge in [-0.25, -0.2) is 0 Å². The molecule has 4 nitrogen and oxygen atoms in total. The van der Waals surface area contributed by atoms with E-state index in [1.807, 2.05) is 0 Å². The summed E-state index contributed by atoms with van der Waals surface area (Å²) in [6.45, 7) is 1.75. The normalized spacial score (nSPS) is 14.9. The maximum atomic E-state index is 13.5. The minimum absolute atomic E-state index is 0.158. The van der Waals surface area contributed by atoms with E-state index in [0.29, 0.717) is 17.7 Å². The van der Waals surface area contributed by atoms with E-state index in [0.717, 1.165) is 18.9 Å². The second-order valence-corrected chi connectivity index (χ2v) is 3.84. The van der Waals surface area contributed by atoms with Crippen LogP contribution in [0.5, 0.6) is 5.75 Å². The lowest BCUT2D eigenvalue weighted by Gasteiger charge is -2.07. The van der Waals surface area contributed by atoms with Crippen molar-refractivity contribution in [3.8, 4) is 5.75 Å². The largest absolute Gasteiger partial charge is 0.490 e. The number of hydrogen-bond donors (Lipinski definition) is 0. The van der Waals surface area contributed by atoms with Gasteiger partial charge in [0.2, 0.25) is 5.82 Å². The summed E-state index contributed by atoms with van der Waals surface area (Å²) in [4.78, 5) is 9.99. The Morgan fingerprint density at radius 3 is 2.75 bits per heavy atom. The molecule has 1 aliphatic rings. The van der Waals surface area contributed by atoms with Gasteiger partial charge in [-0.2, -0.15) is 4.39 Å². The fraction of sp³-hybridized carbons (Fsp3) is 0.455. The summed E-state index contributed by atoms with van der Waals surface area (Å²) in [5, 5.41) is 10.7. The molecule has 1 fully saturated rings. The number of ether oxygens (including phenoxy) is 1. The van der Waals surface area contributed by atoms with E-state index in [-0.39, 0.29) is 6.10 Å². The average Bonchev–Trinajstić information content (AvgIpc) is 2.99. The predicted octanol–water partition coefficient (Wildman–Crippen LogP) is 2.84. The van der Waals surface area contributed by atoms with E-state index < -0.39 is 16.4 Å². The first-order valence-corrected chi connectivity index (χ1v) is 5.25. The number of nitro benzene ring substituents is 1. The molecule has 1 saturated carbocycles. The number of hydrogen-bond acceptors (Lipinski definition) is 3. The van der Waals surface area contributed by atoms with Crippen LogP contribution in [0.25, 0.3) is 0 Å². The molecule has 16 heavy (non-hydrogen) atoms. The summed E-state index contributed by atoms with van der Waals surface area (Å²) in [6.07, 6.45) is 2.51. The van der Waals surface area contributed by atoms with Crippen molar-refractivity contribution >= 4 is 5.69 Å². The van der Waals surface area contributed by atoms with Gasteiger partial charge in [0.25, 0.3) is 0 Å². The first-order chi connectivity index (χ1) is 7.61. The van der Waals surface area contributed by atoms with Gasteiger partial charge in [-0.1, -0.05) is 6.92 Å². The van der Waals surface area contributed by atoms with E-state index in [1.165, 1.54) is 0 Å². The van der Waals surface area contributed by atoms with Crippen LogP contribution in [0.1, 0.15) is 25.3 Å². The lowest BCUT2D eigenvalue weighted by Crippen LogP contribution is -2.02. The Kier molecular flexibility index (Phi) is 2.77. The highest BCUT2D eigenvalue weighted by Gasteiger charge is 2.26. The van der Waals surface area contributed by atoms with Crippen LogP contribution in [0.3, 0.4) is 0 Å². The smallest absolute Gasteiger partial charge is 0.308 e. The van der Waals surface area contributed by atoms with Gasteiger partial charge in [-0.15, -0.1) is 0 Å². The molecule has 0 aliphatic heterocycles. The standard InChI is InChI=1S/C11H12FNO3/c1-2-7-5-9(16-8-3-4-8)6-10(12)11(7)13(14)15/h5-6,8H,2-4H2,1H3. The first-order valence-electron chi connectivity index (χ1n) is 5.25. The van der Waals surface area contributed by atoms with E-state index in [9.17, 15) is 14.5 Å². The number of halogens is 1. The molecule has 1 aliphatic carbocycles. The third kappa shape index (κ3) is 2.13. The van der Waals surface area contributed by atoms with Crippen LogP contribution in [-0.2, 0) is 6.42 Å². The van der Waals surface area contributed by atoms with Gasteiger partial charge in [0.15, 0.2) is 0 Å². The number of nitrogens with zero attached hydrogens (tertiary/aromatic N) is 1. The van der Waals surface area contributed by atoms with E-state index >= 15 is 0 Å². The topological polar surface area (TPSA) is 52.4 Å². The molecule has 0 spiro atoms. The Labute approximate surface area is 92.2 Å². The average molecular weight is 225 g/mol. The molecule has 0 atom stereocenters. The lowest BCUT2D eigenvalue weighted by molar-refractivity contribution is -0.388. The van der Waals surface area contributed by atoms with Crippen molar-refractivity contribution in [3.05, 3.63) is 33.6 Å². The van der Waals surface area contributed by atoms with Crippen LogP contribution < -0.4 is 4.74 Å². The molecular formula is C11H12FNO3. The van der Waals surface area contributed by atoms with Crippen molar-refractivity contribution in [1.82, 2.24) is 0 Å². The van der Waals surface area contributed by atoms with Crippen molar-refractivity contribution < 1.29 is 14.1 Å². The zero-order chi connectivity index (χ0) is 11.7. The molecule has 0 bridgehead atoms. The second kappa shape index (κ2) is 4.08. The molecule has 86 valence electrons. The van der Waals surface area contributed by atoms with Crippen LogP contribution >= 0.6 is 0 Å². The highest BCUT2D eigenvalue weighted by Crippen LogP contribution is 2.32. The Bertz CT molecular complexity index is 429. The lowest BCUT2D eigenvalue weighted by atomic mass is 10.1. The fourth-order valence-electron chi connectivity index (χ4n) is 1.55. The molecule has 2 rings (SSSR count). The summed E-state index contributed by atoms with van der Waals surface area (Å²) in [5.74, 6) is -0.428. The van der Waals surface area contributed by atoms with Gasteiger partial charge in [0.05, 0.1) is 11.0 Å². The Balaban J connectivity index is 2.36. The molecule has 0 heterocycles. The second-order valence-electron chi connectivity index (χ2n) is 3.84. The van der Waals surface area contributed by atoms with Crippen molar-refractivity contribution in [2.24, 2.45) is 0 Å². The fourth-order valence-corrected chi connectivity index (χ4v) is 1.55. The highest BCUT2D eigenvalue weighted by atomic mass is 19.1. The Morgan fingerprint density at radius 1 is 1.56 bits per heavy atom. The maximum absolute atomic E-state index is 13.5. The summed E-state index contributed by atoms with van der Waals surface area (Å²) in [6, 6.07) is 2.65. The van der Waals surface area contributed by atoms with Crippen molar-refractivity contribution in [3.63, 3.8) is 0 Å². The molecule has 5 heteroatoms. The zero-order valence-corrected chi connectivity index (χ0v) is 8.90. The number of benzene rings is 1. The van der Waals surface area contributed by atoms with Gasteiger partial charge in [0.1, 0.15) is 5.75 Å². The summed E-state index contributed by atoms with van der Waals surface area (Å²) in [7, 11) is 0. The third-order valence-electron chi connectivity index (χ3n) is 2.51. The van der Waals surface area contributed by atoms with E-state index in [2.05, 4.69) is 0 Å². The molecule has 0 radical (unpaired) electrons. The third-order valence-corrected chi connectivity index (χ3v) is 2.51. The Hall–Kier alpha value is -1.65. The molecule has 0 N–H and O–H groups in total. The van der Waals surface area contributed by atoms with Crippen molar-refractivity contribution in [2.45, 2.75) is 32.3 Å². The number of nitro groups is 1. The minimum atomic E-state index is -0.819. The predicted molar refractivity (Wildman–Crippen MR) is 56.1 cm³/mol. The molecular weight excluding hydrogens is 213 g/mol. The van der Waals surface area contributed by atoms with Crippen LogP contribution in [0.15, 0.2) is 12.1 Å². The molecule has 0 unspecified atom stereocenters. The van der Waals surface area contributed by atoms with Gasteiger partial charge in [-0.05, 0) is 25.3 Å². The van der Waals surface area contributed by atoms with Crippen molar-refractivity contribution in [2.75, 3.05) is 0 Å². The van der Waals surface area contributed by atoms with Gasteiger partial charge < -0.3 is 4.74 Å². The summed E-state index contributed by atoms with van der Waals surface area (Å²) < 4.78 is 18.9. The first kappa shape index (κ1) is 10.9. The van der Waals surface area contributed by atoms with Gasteiger partial charge in [0, 0.05) is 11.6 Å². The summed E-state index contributed by atoms with van der Waals surface area (Å²) in [5.41, 5.74) is -0.0636.